The van der Waals surface area contributed by atoms with Crippen LogP contribution >= 0.6 is 0 Å². The van der Waals surface area contributed by atoms with Gasteiger partial charge in [0.05, 0.1) is 24.0 Å². The molecular weight excluding hydrogens is 220 g/mol. The van der Waals surface area contributed by atoms with E-state index in [0.717, 1.165) is 18.9 Å². The van der Waals surface area contributed by atoms with Gasteiger partial charge in [-0.2, -0.15) is 0 Å². The minimum Gasteiger partial charge on any atom is -0.478 e. The highest BCUT2D eigenvalue weighted by atomic mass is 16.5. The molecule has 5 heteroatoms. The van der Waals surface area contributed by atoms with Crippen LogP contribution in [-0.4, -0.2) is 41.9 Å². The van der Waals surface area contributed by atoms with E-state index in [1.54, 1.807) is 19.1 Å². The van der Waals surface area contributed by atoms with E-state index >= 15 is 0 Å². The molecular formula is C12H16N2O3. The van der Waals surface area contributed by atoms with Crippen molar-refractivity contribution in [3.63, 3.8) is 0 Å². The van der Waals surface area contributed by atoms with Gasteiger partial charge in [-0.25, -0.2) is 9.78 Å². The van der Waals surface area contributed by atoms with Crippen molar-refractivity contribution in [2.45, 2.75) is 20.0 Å². The van der Waals surface area contributed by atoms with Gasteiger partial charge in [-0.15, -0.1) is 0 Å². The average Bonchev–Trinajstić information content (AvgIpc) is 2.28. The lowest BCUT2D eigenvalue weighted by Crippen LogP contribution is -2.41. The highest BCUT2D eigenvalue weighted by molar-refractivity contribution is 5.89. The first kappa shape index (κ1) is 11.9. The first-order valence-corrected chi connectivity index (χ1v) is 5.65. The highest BCUT2D eigenvalue weighted by Gasteiger charge is 2.19. The van der Waals surface area contributed by atoms with Crippen LogP contribution in [0.25, 0.3) is 0 Å². The predicted molar refractivity (Wildman–Crippen MR) is 63.6 cm³/mol. The molecule has 0 unspecified atom stereocenters. The van der Waals surface area contributed by atoms with Crippen molar-refractivity contribution in [2.75, 3.05) is 24.6 Å². The van der Waals surface area contributed by atoms with E-state index in [4.69, 9.17) is 9.84 Å². The van der Waals surface area contributed by atoms with Gasteiger partial charge in [-0.3, -0.25) is 0 Å². The number of rotatable bonds is 2. The third-order valence-electron chi connectivity index (χ3n) is 2.87. The monoisotopic (exact) mass is 236 g/mol. The summed E-state index contributed by atoms with van der Waals surface area (Å²) < 4.78 is 5.46. The van der Waals surface area contributed by atoms with Gasteiger partial charge in [0.2, 0.25) is 0 Å². The molecule has 0 aromatic carbocycles. The fraction of sp³-hybridized carbons (Fsp3) is 0.500. The third-order valence-corrected chi connectivity index (χ3v) is 2.87. The molecule has 1 aromatic rings. The standard InChI is InChI=1S/C12H16N2O3/c1-8-7-14(5-6-17-8)11-4-3-10(12(15)16)9(2)13-11/h3-4,8H,5-7H2,1-2H3,(H,15,16)/t8-/m1/s1. The summed E-state index contributed by atoms with van der Waals surface area (Å²) in [6.07, 6.45) is 0.185. The van der Waals surface area contributed by atoms with Gasteiger partial charge in [0, 0.05) is 13.1 Å². The molecule has 5 nitrogen and oxygen atoms in total. The van der Waals surface area contributed by atoms with Crippen molar-refractivity contribution in [3.8, 4) is 0 Å². The second kappa shape index (κ2) is 4.71. The molecule has 0 saturated carbocycles. The van der Waals surface area contributed by atoms with E-state index in [0.29, 0.717) is 12.3 Å². The number of anilines is 1. The Labute approximate surface area is 100 Å². The number of ether oxygens (including phenoxy) is 1. The topological polar surface area (TPSA) is 62.7 Å². The molecule has 1 fully saturated rings. The maximum atomic E-state index is 10.9. The van der Waals surface area contributed by atoms with Crippen LogP contribution in [-0.2, 0) is 4.74 Å². The Morgan fingerprint density at radius 3 is 2.94 bits per heavy atom. The second-order valence-electron chi connectivity index (χ2n) is 4.23. The summed E-state index contributed by atoms with van der Waals surface area (Å²) in [5.41, 5.74) is 0.809. The van der Waals surface area contributed by atoms with Crippen LogP contribution in [0.2, 0.25) is 0 Å². The summed E-state index contributed by atoms with van der Waals surface area (Å²) in [4.78, 5) is 17.3. The molecule has 0 aliphatic carbocycles. The van der Waals surface area contributed by atoms with Crippen molar-refractivity contribution < 1.29 is 14.6 Å². The van der Waals surface area contributed by atoms with Gasteiger partial charge in [0.25, 0.3) is 0 Å². The Bertz CT molecular complexity index is 434. The van der Waals surface area contributed by atoms with Gasteiger partial charge in [-0.05, 0) is 26.0 Å². The molecule has 1 aromatic heterocycles. The number of nitrogens with zero attached hydrogens (tertiary/aromatic N) is 2. The summed E-state index contributed by atoms with van der Waals surface area (Å²) in [5.74, 6) is -0.112. The molecule has 1 saturated heterocycles. The number of morpholine rings is 1. The SMILES string of the molecule is Cc1nc(N2CCO[C@H](C)C2)ccc1C(=O)O. The molecule has 1 aliphatic rings. The smallest absolute Gasteiger partial charge is 0.337 e. The Morgan fingerprint density at radius 1 is 1.59 bits per heavy atom. The van der Waals surface area contributed by atoms with Gasteiger partial charge < -0.3 is 14.7 Å². The molecule has 2 heterocycles. The number of carbonyl (C=O) groups is 1. The van der Waals surface area contributed by atoms with Crippen molar-refractivity contribution >= 4 is 11.8 Å². The lowest BCUT2D eigenvalue weighted by atomic mass is 10.2. The van der Waals surface area contributed by atoms with Crippen LogP contribution in [0.4, 0.5) is 5.82 Å². The first-order chi connectivity index (χ1) is 8.08. The Balaban J connectivity index is 2.22. The molecule has 92 valence electrons. The lowest BCUT2D eigenvalue weighted by molar-refractivity contribution is 0.0529. The third kappa shape index (κ3) is 2.55. The van der Waals surface area contributed by atoms with Gasteiger partial charge >= 0.3 is 5.97 Å². The zero-order valence-corrected chi connectivity index (χ0v) is 10.0. The van der Waals surface area contributed by atoms with Crippen molar-refractivity contribution in [2.24, 2.45) is 0 Å². The number of pyridine rings is 1. The van der Waals surface area contributed by atoms with Crippen LogP contribution in [0, 0.1) is 6.92 Å². The summed E-state index contributed by atoms with van der Waals surface area (Å²) in [7, 11) is 0. The molecule has 1 aliphatic heterocycles. The maximum Gasteiger partial charge on any atom is 0.337 e. The summed E-state index contributed by atoms with van der Waals surface area (Å²) >= 11 is 0. The number of hydrogen-bond donors (Lipinski definition) is 1. The minimum absolute atomic E-state index is 0.185. The fourth-order valence-corrected chi connectivity index (χ4v) is 1.98. The van der Waals surface area contributed by atoms with Crippen LogP contribution in [0.1, 0.15) is 23.0 Å². The minimum atomic E-state index is -0.933. The maximum absolute atomic E-state index is 10.9. The number of carboxylic acids is 1. The van der Waals surface area contributed by atoms with Crippen LogP contribution in [0.5, 0.6) is 0 Å². The second-order valence-corrected chi connectivity index (χ2v) is 4.23. The van der Waals surface area contributed by atoms with Crippen molar-refractivity contribution in [3.05, 3.63) is 23.4 Å². The van der Waals surface area contributed by atoms with E-state index in [2.05, 4.69) is 9.88 Å². The Morgan fingerprint density at radius 2 is 2.35 bits per heavy atom. The van der Waals surface area contributed by atoms with Gasteiger partial charge in [0.15, 0.2) is 0 Å². The molecule has 1 atom stereocenters. The van der Waals surface area contributed by atoms with Crippen LogP contribution in [0.15, 0.2) is 12.1 Å². The number of carboxylic acid groups (broad SMARTS) is 1. The molecule has 0 bridgehead atoms. The van der Waals surface area contributed by atoms with Crippen molar-refractivity contribution in [1.29, 1.82) is 0 Å². The molecule has 2 rings (SSSR count). The molecule has 17 heavy (non-hydrogen) atoms. The predicted octanol–water partition coefficient (Wildman–Crippen LogP) is 1.31. The lowest BCUT2D eigenvalue weighted by Gasteiger charge is -2.32. The zero-order chi connectivity index (χ0) is 12.4. The van der Waals surface area contributed by atoms with E-state index in [-0.39, 0.29) is 11.7 Å². The fourth-order valence-electron chi connectivity index (χ4n) is 1.98. The van der Waals surface area contributed by atoms with Crippen LogP contribution < -0.4 is 4.90 Å². The number of aromatic nitrogens is 1. The summed E-state index contributed by atoms with van der Waals surface area (Å²) in [5, 5.41) is 8.94. The number of aryl methyl sites for hydroxylation is 1. The zero-order valence-electron chi connectivity index (χ0n) is 10.0. The summed E-state index contributed by atoms with van der Waals surface area (Å²) in [6.45, 7) is 6.01. The van der Waals surface area contributed by atoms with E-state index in [9.17, 15) is 4.79 Å². The van der Waals surface area contributed by atoms with Crippen LogP contribution in [0.3, 0.4) is 0 Å². The average molecular weight is 236 g/mol. The number of aromatic carboxylic acids is 1. The van der Waals surface area contributed by atoms with Crippen molar-refractivity contribution in [1.82, 2.24) is 4.98 Å². The normalized spacial score (nSPS) is 20.4. The molecule has 0 amide bonds. The van der Waals surface area contributed by atoms with Gasteiger partial charge in [0.1, 0.15) is 5.82 Å². The molecule has 0 spiro atoms. The Kier molecular flexibility index (Phi) is 3.28. The highest BCUT2D eigenvalue weighted by Crippen LogP contribution is 2.17. The Hall–Kier alpha value is -1.62. The largest absolute Gasteiger partial charge is 0.478 e. The van der Waals surface area contributed by atoms with E-state index in [1.807, 2.05) is 6.92 Å². The van der Waals surface area contributed by atoms with Gasteiger partial charge in [-0.1, -0.05) is 0 Å². The number of hydrogen-bond acceptors (Lipinski definition) is 4. The van der Waals surface area contributed by atoms with E-state index < -0.39 is 5.97 Å². The first-order valence-electron chi connectivity index (χ1n) is 5.65. The molecule has 0 radical (unpaired) electrons. The molecule has 1 N–H and O–H groups in total. The van der Waals surface area contributed by atoms with E-state index in [1.165, 1.54) is 0 Å². The summed E-state index contributed by atoms with van der Waals surface area (Å²) in [6, 6.07) is 3.37. The quantitative estimate of drug-likeness (QED) is 0.839.